The summed E-state index contributed by atoms with van der Waals surface area (Å²) in [5.74, 6) is -1.69. The molecule has 2 heterocycles. The monoisotopic (exact) mass is 609 g/mol. The van der Waals surface area contributed by atoms with Gasteiger partial charge in [0, 0.05) is 29.4 Å². The Labute approximate surface area is 262 Å². The Morgan fingerprint density at radius 2 is 1.56 bits per heavy atom. The van der Waals surface area contributed by atoms with E-state index in [-0.39, 0.29) is 31.0 Å². The number of hydrogen-bond donors (Lipinski definition) is 3. The molecular formula is C36H39N3O6. The van der Waals surface area contributed by atoms with Crippen molar-refractivity contribution in [1.29, 1.82) is 0 Å². The van der Waals surface area contributed by atoms with Gasteiger partial charge < -0.3 is 25.1 Å². The largest absolute Gasteiger partial charge is 0.445 e. The third kappa shape index (κ3) is 8.45. The molecule has 1 aliphatic heterocycles. The van der Waals surface area contributed by atoms with Crippen molar-refractivity contribution in [1.82, 2.24) is 15.6 Å². The van der Waals surface area contributed by atoms with Crippen molar-refractivity contribution in [3.63, 3.8) is 0 Å². The average Bonchev–Trinajstić information content (AvgIpc) is 3.69. The van der Waals surface area contributed by atoms with Crippen LogP contribution in [0, 0.1) is 5.92 Å². The molecule has 45 heavy (non-hydrogen) atoms. The minimum absolute atomic E-state index is 0.0697. The Balaban J connectivity index is 1.29. The molecule has 1 aliphatic rings. The molecule has 4 atom stereocenters. The lowest BCUT2D eigenvalue weighted by atomic mass is 9.89. The van der Waals surface area contributed by atoms with E-state index in [0.717, 1.165) is 27.6 Å². The molecule has 4 aromatic rings. The summed E-state index contributed by atoms with van der Waals surface area (Å²) in [7, 11) is 0. The smallest absolute Gasteiger partial charge is 0.408 e. The van der Waals surface area contributed by atoms with Crippen molar-refractivity contribution in [2.24, 2.45) is 5.92 Å². The first-order valence-corrected chi connectivity index (χ1v) is 15.3. The molecule has 0 saturated carbocycles. The standard InChI is InChI=1S/C36H39N3O6/c1-24(38-35(43)44-22-26-13-7-4-8-14-26)32(40)20-27(19-28-21-37-30-16-10-9-15-29(28)30)34(42)39-31(33(41)36(2)23-45-36)18-17-25-11-5-3-6-12-25/h3-16,21,24,27,31,37H,17-20,22-23H2,1-2H3,(H,38,43)(H,39,42)/t24-,27?,31?,36?/m0/s1. The molecular weight excluding hydrogens is 570 g/mol. The van der Waals surface area contributed by atoms with Gasteiger partial charge >= 0.3 is 6.09 Å². The first-order valence-electron chi connectivity index (χ1n) is 15.3. The van der Waals surface area contributed by atoms with Crippen molar-refractivity contribution in [3.05, 3.63) is 108 Å². The van der Waals surface area contributed by atoms with Crippen molar-refractivity contribution in [2.75, 3.05) is 6.61 Å². The second-order valence-corrected chi connectivity index (χ2v) is 11.8. The predicted molar refractivity (Wildman–Crippen MR) is 170 cm³/mol. The van der Waals surface area contributed by atoms with Crippen LogP contribution in [0.5, 0.6) is 0 Å². The molecule has 5 rings (SSSR count). The lowest BCUT2D eigenvalue weighted by Gasteiger charge is -2.24. The zero-order valence-corrected chi connectivity index (χ0v) is 25.6. The van der Waals surface area contributed by atoms with Gasteiger partial charge in [-0.15, -0.1) is 0 Å². The number of benzene rings is 3. The zero-order valence-electron chi connectivity index (χ0n) is 25.6. The molecule has 0 radical (unpaired) electrons. The topological polar surface area (TPSA) is 130 Å². The minimum atomic E-state index is -0.921. The fraction of sp³-hybridized carbons (Fsp3) is 0.333. The van der Waals surface area contributed by atoms with Gasteiger partial charge in [-0.25, -0.2) is 4.79 Å². The van der Waals surface area contributed by atoms with Gasteiger partial charge in [-0.1, -0.05) is 78.9 Å². The number of aromatic amines is 1. The molecule has 2 amide bonds. The van der Waals surface area contributed by atoms with E-state index >= 15 is 0 Å². The molecule has 234 valence electrons. The molecule has 9 heteroatoms. The van der Waals surface area contributed by atoms with Crippen LogP contribution < -0.4 is 10.6 Å². The minimum Gasteiger partial charge on any atom is -0.445 e. The van der Waals surface area contributed by atoms with E-state index in [9.17, 15) is 19.2 Å². The summed E-state index contributed by atoms with van der Waals surface area (Å²) >= 11 is 0. The number of carbonyl (C=O) groups excluding carboxylic acids is 4. The fourth-order valence-electron chi connectivity index (χ4n) is 5.40. The second-order valence-electron chi connectivity index (χ2n) is 11.8. The maximum Gasteiger partial charge on any atom is 0.408 e. The Morgan fingerprint density at radius 3 is 2.24 bits per heavy atom. The van der Waals surface area contributed by atoms with Gasteiger partial charge in [0.2, 0.25) is 5.91 Å². The zero-order chi connectivity index (χ0) is 31.8. The number of nitrogens with one attached hydrogen (secondary N) is 3. The number of fused-ring (bicyclic) bond motifs is 1. The van der Waals surface area contributed by atoms with Gasteiger partial charge in [0.25, 0.3) is 0 Å². The molecule has 3 aromatic carbocycles. The van der Waals surface area contributed by atoms with E-state index < -0.39 is 35.6 Å². The summed E-state index contributed by atoms with van der Waals surface area (Å²) in [6.45, 7) is 3.68. The summed E-state index contributed by atoms with van der Waals surface area (Å²) in [6.07, 6.45) is 2.23. The van der Waals surface area contributed by atoms with Gasteiger partial charge in [0.05, 0.1) is 18.7 Å². The van der Waals surface area contributed by atoms with Crippen molar-refractivity contribution < 1.29 is 28.7 Å². The van der Waals surface area contributed by atoms with E-state index in [1.54, 1.807) is 13.8 Å². The number of para-hydroxylation sites is 1. The van der Waals surface area contributed by atoms with Crippen LogP contribution in [0.15, 0.2) is 91.1 Å². The Morgan fingerprint density at radius 1 is 0.911 bits per heavy atom. The highest BCUT2D eigenvalue weighted by Gasteiger charge is 2.50. The number of Topliss-reactive ketones (excluding diaryl/α,β-unsaturated/α-hetero) is 2. The number of ether oxygens (including phenoxy) is 2. The predicted octanol–water partition coefficient (Wildman–Crippen LogP) is 5.08. The van der Waals surface area contributed by atoms with Crippen LogP contribution in [0.4, 0.5) is 4.79 Å². The van der Waals surface area contributed by atoms with E-state index in [4.69, 9.17) is 9.47 Å². The quantitative estimate of drug-likeness (QED) is 0.161. The Bertz CT molecular complexity index is 1630. The Kier molecular flexibility index (Phi) is 10.1. The van der Waals surface area contributed by atoms with Crippen LogP contribution in [0.2, 0.25) is 0 Å². The number of aromatic nitrogens is 1. The lowest BCUT2D eigenvalue weighted by Crippen LogP contribution is -2.49. The van der Waals surface area contributed by atoms with Crippen LogP contribution >= 0.6 is 0 Å². The second kappa shape index (κ2) is 14.3. The number of ketones is 2. The highest BCUT2D eigenvalue weighted by atomic mass is 16.6. The molecule has 1 fully saturated rings. The van der Waals surface area contributed by atoms with E-state index in [1.165, 1.54) is 0 Å². The van der Waals surface area contributed by atoms with Crippen LogP contribution in [0.1, 0.15) is 43.4 Å². The third-order valence-electron chi connectivity index (χ3n) is 8.29. The number of carbonyl (C=O) groups is 4. The lowest BCUT2D eigenvalue weighted by molar-refractivity contribution is -0.134. The molecule has 0 spiro atoms. The molecule has 3 unspecified atom stereocenters. The molecule has 1 aromatic heterocycles. The van der Waals surface area contributed by atoms with Gasteiger partial charge in [-0.2, -0.15) is 0 Å². The number of epoxide rings is 1. The maximum absolute atomic E-state index is 13.9. The summed E-state index contributed by atoms with van der Waals surface area (Å²) in [4.78, 5) is 56.5. The number of rotatable bonds is 15. The fourth-order valence-corrected chi connectivity index (χ4v) is 5.40. The van der Waals surface area contributed by atoms with Gasteiger partial charge in [0.1, 0.15) is 12.2 Å². The summed E-state index contributed by atoms with van der Waals surface area (Å²) in [5, 5.41) is 6.52. The molecule has 0 aliphatic carbocycles. The highest BCUT2D eigenvalue weighted by molar-refractivity contribution is 5.98. The van der Waals surface area contributed by atoms with Crippen LogP contribution in [-0.4, -0.2) is 52.8 Å². The average molecular weight is 610 g/mol. The van der Waals surface area contributed by atoms with E-state index in [1.807, 2.05) is 91.1 Å². The molecule has 0 bridgehead atoms. The number of amides is 2. The van der Waals surface area contributed by atoms with Gasteiger partial charge in [0.15, 0.2) is 11.6 Å². The highest BCUT2D eigenvalue weighted by Crippen LogP contribution is 2.30. The number of aryl methyl sites for hydroxylation is 1. The van der Waals surface area contributed by atoms with Crippen LogP contribution in [0.3, 0.4) is 0 Å². The Hall–Kier alpha value is -4.76. The van der Waals surface area contributed by atoms with Crippen molar-refractivity contribution in [3.8, 4) is 0 Å². The van der Waals surface area contributed by atoms with Crippen LogP contribution in [-0.2, 0) is 43.3 Å². The van der Waals surface area contributed by atoms with Gasteiger partial charge in [-0.05, 0) is 55.9 Å². The summed E-state index contributed by atoms with van der Waals surface area (Å²) in [6, 6.07) is 25.1. The maximum atomic E-state index is 13.9. The summed E-state index contributed by atoms with van der Waals surface area (Å²) in [5.41, 5.74) is 2.75. The summed E-state index contributed by atoms with van der Waals surface area (Å²) < 4.78 is 10.7. The normalized spacial score (nSPS) is 17.6. The molecule has 3 N–H and O–H groups in total. The third-order valence-corrected chi connectivity index (χ3v) is 8.29. The van der Waals surface area contributed by atoms with Crippen molar-refractivity contribution in [2.45, 2.75) is 63.8 Å². The van der Waals surface area contributed by atoms with Crippen LogP contribution in [0.25, 0.3) is 10.9 Å². The first kappa shape index (κ1) is 31.7. The molecule has 9 nitrogen and oxygen atoms in total. The SMILES string of the molecule is C[C@H](NC(=O)OCc1ccccc1)C(=O)CC(Cc1c[nH]c2ccccc12)C(=O)NC(CCc1ccccc1)C(=O)C1(C)CO1. The molecule has 1 saturated heterocycles. The number of H-pyrrole nitrogens is 1. The number of hydrogen-bond acceptors (Lipinski definition) is 6. The van der Waals surface area contributed by atoms with Gasteiger partial charge in [-0.3, -0.25) is 14.4 Å². The van der Waals surface area contributed by atoms with Crippen molar-refractivity contribution >= 4 is 34.5 Å². The number of alkyl carbamates (subject to hydrolysis) is 1. The first-order chi connectivity index (χ1) is 21.7. The van der Waals surface area contributed by atoms with E-state index in [0.29, 0.717) is 19.4 Å². The van der Waals surface area contributed by atoms with E-state index in [2.05, 4.69) is 15.6 Å².